The molecule has 1 amide bonds. The number of thioether (sulfide) groups is 1. The number of aromatic nitrogens is 3. The average Bonchev–Trinajstić information content (AvgIpc) is 3.10. The number of benzene rings is 2. The highest BCUT2D eigenvalue weighted by atomic mass is 35.5. The van der Waals surface area contributed by atoms with Crippen molar-refractivity contribution >= 4 is 40.7 Å². The SMILES string of the molecule is CC(=O)c1cccc(NC(=O)CSc2nnc(CCCOc3ccc(Cl)cc3C)n2C)c1. The van der Waals surface area contributed by atoms with Crippen molar-refractivity contribution in [3.8, 4) is 5.75 Å². The van der Waals surface area contributed by atoms with Crippen molar-refractivity contribution in [1.29, 1.82) is 0 Å². The van der Waals surface area contributed by atoms with E-state index >= 15 is 0 Å². The van der Waals surface area contributed by atoms with Crippen LogP contribution in [-0.4, -0.2) is 38.8 Å². The minimum Gasteiger partial charge on any atom is -0.493 e. The van der Waals surface area contributed by atoms with Crippen molar-refractivity contribution in [1.82, 2.24) is 14.8 Å². The van der Waals surface area contributed by atoms with Gasteiger partial charge in [0.2, 0.25) is 5.91 Å². The second kappa shape index (κ2) is 11.2. The number of hydrogen-bond donors (Lipinski definition) is 1. The number of amides is 1. The molecule has 0 aliphatic carbocycles. The number of nitrogens with one attached hydrogen (secondary N) is 1. The fourth-order valence-electron chi connectivity index (χ4n) is 3.02. The van der Waals surface area contributed by atoms with Crippen molar-refractivity contribution < 1.29 is 14.3 Å². The summed E-state index contributed by atoms with van der Waals surface area (Å²) in [7, 11) is 1.89. The van der Waals surface area contributed by atoms with E-state index in [-0.39, 0.29) is 17.4 Å². The number of ketones is 1. The fourth-order valence-corrected chi connectivity index (χ4v) is 3.98. The highest BCUT2D eigenvalue weighted by molar-refractivity contribution is 7.99. The monoisotopic (exact) mass is 472 g/mol. The number of ether oxygens (including phenoxy) is 1. The lowest BCUT2D eigenvalue weighted by molar-refractivity contribution is -0.113. The van der Waals surface area contributed by atoms with Crippen LogP contribution in [-0.2, 0) is 18.3 Å². The molecular formula is C23H25ClN4O3S. The molecular weight excluding hydrogens is 448 g/mol. The Morgan fingerprint density at radius 3 is 2.75 bits per heavy atom. The molecule has 0 saturated heterocycles. The van der Waals surface area contributed by atoms with Crippen LogP contribution in [0, 0.1) is 6.92 Å². The molecule has 7 nitrogen and oxygen atoms in total. The summed E-state index contributed by atoms with van der Waals surface area (Å²) in [6, 6.07) is 12.4. The van der Waals surface area contributed by atoms with Crippen molar-refractivity contribution in [2.75, 3.05) is 17.7 Å². The quantitative estimate of drug-likeness (QED) is 0.261. The smallest absolute Gasteiger partial charge is 0.234 e. The van der Waals surface area contributed by atoms with E-state index in [0.29, 0.717) is 34.5 Å². The summed E-state index contributed by atoms with van der Waals surface area (Å²) in [5.74, 6) is 1.62. The maximum Gasteiger partial charge on any atom is 0.234 e. The van der Waals surface area contributed by atoms with Gasteiger partial charge in [0.25, 0.3) is 0 Å². The molecule has 3 aromatic rings. The Hall–Kier alpha value is -2.84. The van der Waals surface area contributed by atoms with Crippen LogP contribution in [0.15, 0.2) is 47.6 Å². The van der Waals surface area contributed by atoms with Gasteiger partial charge in [-0.2, -0.15) is 0 Å². The van der Waals surface area contributed by atoms with Gasteiger partial charge in [-0.15, -0.1) is 10.2 Å². The fraction of sp³-hybridized carbons (Fsp3) is 0.304. The topological polar surface area (TPSA) is 86.1 Å². The van der Waals surface area contributed by atoms with Crippen molar-refractivity contribution in [2.45, 2.75) is 31.8 Å². The molecule has 3 rings (SSSR count). The summed E-state index contributed by atoms with van der Waals surface area (Å²) in [6.07, 6.45) is 1.49. The number of nitrogens with zero attached hydrogens (tertiary/aromatic N) is 3. The molecule has 0 aliphatic rings. The van der Waals surface area contributed by atoms with E-state index in [4.69, 9.17) is 16.3 Å². The first-order valence-electron chi connectivity index (χ1n) is 10.1. The normalized spacial score (nSPS) is 10.8. The number of halogens is 1. The van der Waals surface area contributed by atoms with Gasteiger partial charge >= 0.3 is 0 Å². The van der Waals surface area contributed by atoms with Gasteiger partial charge in [-0.1, -0.05) is 35.5 Å². The molecule has 0 atom stereocenters. The minimum absolute atomic E-state index is 0.0456. The zero-order chi connectivity index (χ0) is 23.1. The maximum atomic E-state index is 12.3. The second-order valence-corrected chi connectivity index (χ2v) is 8.67. The predicted molar refractivity (Wildman–Crippen MR) is 127 cm³/mol. The van der Waals surface area contributed by atoms with E-state index in [2.05, 4.69) is 15.5 Å². The van der Waals surface area contributed by atoms with Crippen LogP contribution in [0.3, 0.4) is 0 Å². The van der Waals surface area contributed by atoms with Gasteiger partial charge in [0.1, 0.15) is 11.6 Å². The number of rotatable bonds is 10. The predicted octanol–water partition coefficient (Wildman–Crippen LogP) is 4.72. The van der Waals surface area contributed by atoms with E-state index in [9.17, 15) is 9.59 Å². The van der Waals surface area contributed by atoms with Crippen LogP contribution in [0.2, 0.25) is 5.02 Å². The van der Waals surface area contributed by atoms with Gasteiger partial charge in [-0.25, -0.2) is 0 Å². The molecule has 32 heavy (non-hydrogen) atoms. The molecule has 0 aliphatic heterocycles. The Bertz CT molecular complexity index is 1120. The van der Waals surface area contributed by atoms with Crippen LogP contribution in [0.5, 0.6) is 5.75 Å². The van der Waals surface area contributed by atoms with Gasteiger partial charge in [0.05, 0.1) is 12.4 Å². The molecule has 2 aromatic carbocycles. The zero-order valence-corrected chi connectivity index (χ0v) is 19.8. The third-order valence-corrected chi connectivity index (χ3v) is 6.00. The van der Waals surface area contributed by atoms with Crippen LogP contribution in [0.4, 0.5) is 5.69 Å². The number of hydrogen-bond acceptors (Lipinski definition) is 6. The minimum atomic E-state index is -0.174. The van der Waals surface area contributed by atoms with Gasteiger partial charge in [-0.3, -0.25) is 9.59 Å². The van der Waals surface area contributed by atoms with Crippen LogP contribution in [0.1, 0.15) is 35.1 Å². The van der Waals surface area contributed by atoms with E-state index in [1.807, 2.05) is 36.7 Å². The van der Waals surface area contributed by atoms with E-state index in [0.717, 1.165) is 23.6 Å². The first kappa shape index (κ1) is 23.8. The molecule has 168 valence electrons. The lowest BCUT2D eigenvalue weighted by atomic mass is 10.1. The summed E-state index contributed by atoms with van der Waals surface area (Å²) in [4.78, 5) is 23.8. The van der Waals surface area contributed by atoms with Crippen molar-refractivity contribution in [3.63, 3.8) is 0 Å². The molecule has 0 unspecified atom stereocenters. The van der Waals surface area contributed by atoms with Crippen LogP contribution < -0.4 is 10.1 Å². The molecule has 0 saturated carbocycles. The first-order chi connectivity index (χ1) is 15.3. The third kappa shape index (κ3) is 6.58. The van der Waals surface area contributed by atoms with E-state index in [1.165, 1.54) is 18.7 Å². The molecule has 9 heteroatoms. The molecule has 0 fully saturated rings. The lowest BCUT2D eigenvalue weighted by Gasteiger charge is -2.09. The maximum absolute atomic E-state index is 12.3. The Morgan fingerprint density at radius 2 is 2.00 bits per heavy atom. The largest absolute Gasteiger partial charge is 0.493 e. The summed E-state index contributed by atoms with van der Waals surface area (Å²) in [5.41, 5.74) is 2.16. The number of carbonyl (C=O) groups excluding carboxylic acids is 2. The Balaban J connectivity index is 1.45. The summed E-state index contributed by atoms with van der Waals surface area (Å²) in [5, 5.41) is 12.6. The van der Waals surface area contributed by atoms with Crippen LogP contribution in [0.25, 0.3) is 0 Å². The highest BCUT2D eigenvalue weighted by Crippen LogP contribution is 2.22. The van der Waals surface area contributed by atoms with Gasteiger partial charge in [0, 0.05) is 29.7 Å². The Morgan fingerprint density at radius 1 is 1.19 bits per heavy atom. The van der Waals surface area contributed by atoms with Gasteiger partial charge < -0.3 is 14.6 Å². The second-order valence-electron chi connectivity index (χ2n) is 7.29. The number of anilines is 1. The van der Waals surface area contributed by atoms with Gasteiger partial charge in [0.15, 0.2) is 10.9 Å². The standard InChI is InChI=1S/C23H25ClN4O3S/c1-15-12-18(24)9-10-20(15)31-11-5-8-21-26-27-23(28(21)3)32-14-22(30)25-19-7-4-6-17(13-19)16(2)29/h4,6-7,9-10,12-13H,5,8,11,14H2,1-3H3,(H,25,30). The molecule has 1 N–H and O–H groups in total. The number of Topliss-reactive ketones (excluding diaryl/α,β-unsaturated/α-hetero) is 1. The zero-order valence-electron chi connectivity index (χ0n) is 18.2. The van der Waals surface area contributed by atoms with Crippen LogP contribution >= 0.6 is 23.4 Å². The van der Waals surface area contributed by atoms with Crippen molar-refractivity contribution in [2.24, 2.45) is 7.05 Å². The molecule has 0 radical (unpaired) electrons. The highest BCUT2D eigenvalue weighted by Gasteiger charge is 2.12. The average molecular weight is 473 g/mol. The third-order valence-electron chi connectivity index (χ3n) is 4.75. The summed E-state index contributed by atoms with van der Waals surface area (Å²) < 4.78 is 7.71. The number of aryl methyl sites for hydroxylation is 2. The van der Waals surface area contributed by atoms with E-state index < -0.39 is 0 Å². The summed E-state index contributed by atoms with van der Waals surface area (Å²) >= 11 is 7.28. The Labute approximate surface area is 196 Å². The summed E-state index contributed by atoms with van der Waals surface area (Å²) in [6.45, 7) is 4.01. The van der Waals surface area contributed by atoms with Gasteiger partial charge in [-0.05, 0) is 56.2 Å². The molecule has 0 bridgehead atoms. The molecule has 1 heterocycles. The molecule has 0 spiro atoms. The number of carbonyl (C=O) groups is 2. The Kier molecular flexibility index (Phi) is 8.30. The molecule has 1 aromatic heterocycles. The first-order valence-corrected chi connectivity index (χ1v) is 11.5. The van der Waals surface area contributed by atoms with E-state index in [1.54, 1.807) is 24.3 Å². The van der Waals surface area contributed by atoms with Crippen molar-refractivity contribution in [3.05, 3.63) is 64.4 Å². The lowest BCUT2D eigenvalue weighted by Crippen LogP contribution is -2.15.